The Bertz CT molecular complexity index is 470. The molecule has 1 aromatic rings. The smallest absolute Gasteiger partial charge is 0.255 e. The molecular formula is C15H20ClNO3. The quantitative estimate of drug-likeness (QED) is 0.927. The van der Waals surface area contributed by atoms with E-state index in [2.05, 4.69) is 0 Å². The number of hydrogen-bond donors (Lipinski definition) is 1. The number of ether oxygens (including phenoxy) is 1. The van der Waals surface area contributed by atoms with Crippen LogP contribution in [0.25, 0.3) is 0 Å². The molecule has 0 radical (unpaired) electrons. The van der Waals surface area contributed by atoms with Gasteiger partial charge in [-0.2, -0.15) is 0 Å². The number of halogens is 1. The first-order chi connectivity index (χ1) is 9.63. The van der Waals surface area contributed by atoms with Crippen LogP contribution >= 0.6 is 11.6 Å². The number of aryl methyl sites for hydroxylation is 1. The summed E-state index contributed by atoms with van der Waals surface area (Å²) in [4.78, 5) is 14.3. The Morgan fingerprint density at radius 1 is 1.45 bits per heavy atom. The second-order valence-electron chi connectivity index (χ2n) is 5.02. The summed E-state index contributed by atoms with van der Waals surface area (Å²) in [6.45, 7) is 3.63. The second-order valence-corrected chi connectivity index (χ2v) is 5.40. The number of likely N-dealkylation sites (tertiary alicyclic amines) is 1. The molecule has 1 aliphatic heterocycles. The first-order valence-electron chi connectivity index (χ1n) is 6.90. The van der Waals surface area contributed by atoms with Crippen molar-refractivity contribution in [1.29, 1.82) is 0 Å². The van der Waals surface area contributed by atoms with Gasteiger partial charge in [0.05, 0.1) is 29.9 Å². The molecule has 20 heavy (non-hydrogen) atoms. The largest absolute Gasteiger partial charge is 0.394 e. The first-order valence-corrected chi connectivity index (χ1v) is 7.28. The van der Waals surface area contributed by atoms with Crippen LogP contribution in [0.5, 0.6) is 0 Å². The zero-order valence-electron chi connectivity index (χ0n) is 11.6. The van der Waals surface area contributed by atoms with Crippen molar-refractivity contribution in [3.8, 4) is 0 Å². The first kappa shape index (κ1) is 15.3. The minimum atomic E-state index is -0.0145. The molecule has 4 nitrogen and oxygen atoms in total. The molecule has 1 amide bonds. The Balaban J connectivity index is 1.96. The minimum absolute atomic E-state index is 0.0145. The molecule has 1 N–H and O–H groups in total. The maximum absolute atomic E-state index is 12.5. The lowest BCUT2D eigenvalue weighted by molar-refractivity contribution is -0.00554. The lowest BCUT2D eigenvalue weighted by Gasteiger charge is -2.32. The van der Waals surface area contributed by atoms with Crippen molar-refractivity contribution in [2.45, 2.75) is 25.9 Å². The van der Waals surface area contributed by atoms with Crippen LogP contribution in [-0.4, -0.2) is 48.3 Å². The fourth-order valence-electron chi connectivity index (χ4n) is 2.43. The summed E-state index contributed by atoms with van der Waals surface area (Å²) in [5.41, 5.74) is 1.49. The summed E-state index contributed by atoms with van der Waals surface area (Å²) in [5, 5.41) is 9.28. The van der Waals surface area contributed by atoms with Crippen molar-refractivity contribution < 1.29 is 14.6 Å². The third-order valence-corrected chi connectivity index (χ3v) is 4.10. The summed E-state index contributed by atoms with van der Waals surface area (Å²) in [6.07, 6.45) is 1.74. The molecule has 0 atom stereocenters. The number of rotatable bonds is 4. The number of aliphatic hydroxyl groups is 1. The van der Waals surface area contributed by atoms with Gasteiger partial charge in [-0.1, -0.05) is 23.7 Å². The van der Waals surface area contributed by atoms with Crippen molar-refractivity contribution in [2.24, 2.45) is 0 Å². The predicted octanol–water partition coefficient (Wildman–Crippen LogP) is 2.26. The number of amides is 1. The summed E-state index contributed by atoms with van der Waals surface area (Å²) in [6, 6.07) is 5.52. The number of hydrogen-bond acceptors (Lipinski definition) is 3. The Labute approximate surface area is 124 Å². The molecule has 5 heteroatoms. The normalized spacial score (nSPS) is 16.4. The SMILES string of the molecule is Cc1cccc(C(=O)N2CCC(OCCO)CC2)c1Cl. The van der Waals surface area contributed by atoms with E-state index in [0.29, 0.717) is 30.3 Å². The molecule has 1 fully saturated rings. The average molecular weight is 298 g/mol. The van der Waals surface area contributed by atoms with E-state index in [0.717, 1.165) is 18.4 Å². The van der Waals surface area contributed by atoms with Gasteiger partial charge in [-0.25, -0.2) is 0 Å². The number of carbonyl (C=O) groups excluding carboxylic acids is 1. The number of carbonyl (C=O) groups is 1. The summed E-state index contributed by atoms with van der Waals surface area (Å²) < 4.78 is 5.49. The molecule has 0 bridgehead atoms. The van der Waals surface area contributed by atoms with Crippen LogP contribution in [-0.2, 0) is 4.74 Å². The third-order valence-electron chi connectivity index (χ3n) is 3.60. The van der Waals surface area contributed by atoms with Gasteiger partial charge in [-0.3, -0.25) is 4.79 Å². The molecule has 0 spiro atoms. The van der Waals surface area contributed by atoms with Crippen molar-refractivity contribution in [2.75, 3.05) is 26.3 Å². The minimum Gasteiger partial charge on any atom is -0.394 e. The lowest BCUT2D eigenvalue weighted by Crippen LogP contribution is -2.41. The van der Waals surface area contributed by atoms with E-state index in [-0.39, 0.29) is 18.6 Å². The Morgan fingerprint density at radius 2 is 2.15 bits per heavy atom. The van der Waals surface area contributed by atoms with Gasteiger partial charge >= 0.3 is 0 Å². The summed E-state index contributed by atoms with van der Waals surface area (Å²) in [7, 11) is 0. The maximum Gasteiger partial charge on any atom is 0.255 e. The summed E-state index contributed by atoms with van der Waals surface area (Å²) in [5.74, 6) is -0.0145. The lowest BCUT2D eigenvalue weighted by atomic mass is 10.1. The van der Waals surface area contributed by atoms with E-state index in [1.807, 2.05) is 24.0 Å². The molecule has 0 unspecified atom stereocenters. The standard InChI is InChI=1S/C15H20ClNO3/c1-11-3-2-4-13(14(11)16)15(19)17-7-5-12(6-8-17)20-10-9-18/h2-4,12,18H,5-10H2,1H3. The molecule has 1 heterocycles. The molecule has 0 aliphatic carbocycles. The van der Waals surface area contributed by atoms with Crippen molar-refractivity contribution in [3.05, 3.63) is 34.3 Å². The Hall–Kier alpha value is -1.10. The van der Waals surface area contributed by atoms with Crippen molar-refractivity contribution in [3.63, 3.8) is 0 Å². The summed E-state index contributed by atoms with van der Waals surface area (Å²) >= 11 is 6.20. The van der Waals surface area contributed by atoms with Crippen LogP contribution < -0.4 is 0 Å². The van der Waals surface area contributed by atoms with Crippen LogP contribution in [0.4, 0.5) is 0 Å². The molecule has 1 saturated heterocycles. The molecular weight excluding hydrogens is 278 g/mol. The average Bonchev–Trinajstić information content (AvgIpc) is 2.48. The number of nitrogens with zero attached hydrogens (tertiary/aromatic N) is 1. The van der Waals surface area contributed by atoms with E-state index in [1.165, 1.54) is 0 Å². The zero-order valence-corrected chi connectivity index (χ0v) is 12.4. The molecule has 2 rings (SSSR count). The van der Waals surface area contributed by atoms with Crippen LogP contribution in [0.2, 0.25) is 5.02 Å². The molecule has 0 aromatic heterocycles. The van der Waals surface area contributed by atoms with Gasteiger partial charge < -0.3 is 14.7 Å². The Kier molecular flexibility index (Phi) is 5.40. The van der Waals surface area contributed by atoms with E-state index < -0.39 is 0 Å². The van der Waals surface area contributed by atoms with Gasteiger partial charge in [-0.05, 0) is 31.4 Å². The van der Waals surface area contributed by atoms with Crippen molar-refractivity contribution in [1.82, 2.24) is 4.90 Å². The highest BCUT2D eigenvalue weighted by molar-refractivity contribution is 6.34. The van der Waals surface area contributed by atoms with E-state index in [9.17, 15) is 4.79 Å². The maximum atomic E-state index is 12.5. The van der Waals surface area contributed by atoms with Gasteiger partial charge in [0.15, 0.2) is 0 Å². The van der Waals surface area contributed by atoms with E-state index in [1.54, 1.807) is 6.07 Å². The van der Waals surface area contributed by atoms with Crippen molar-refractivity contribution >= 4 is 17.5 Å². The van der Waals surface area contributed by atoms with Gasteiger partial charge in [0, 0.05) is 13.1 Å². The van der Waals surface area contributed by atoms with E-state index in [4.69, 9.17) is 21.4 Å². The van der Waals surface area contributed by atoms with Crippen LogP contribution in [0, 0.1) is 6.92 Å². The predicted molar refractivity (Wildman–Crippen MR) is 78.2 cm³/mol. The highest BCUT2D eigenvalue weighted by Gasteiger charge is 2.25. The highest BCUT2D eigenvalue weighted by Crippen LogP contribution is 2.23. The zero-order chi connectivity index (χ0) is 14.5. The molecule has 1 aliphatic rings. The number of benzene rings is 1. The number of aliphatic hydroxyl groups excluding tert-OH is 1. The fraction of sp³-hybridized carbons (Fsp3) is 0.533. The topological polar surface area (TPSA) is 49.8 Å². The Morgan fingerprint density at radius 3 is 2.80 bits per heavy atom. The van der Waals surface area contributed by atoms with Gasteiger partial charge in [-0.15, -0.1) is 0 Å². The second kappa shape index (κ2) is 7.07. The van der Waals surface area contributed by atoms with Gasteiger partial charge in [0.2, 0.25) is 0 Å². The van der Waals surface area contributed by atoms with Gasteiger partial charge in [0.1, 0.15) is 0 Å². The van der Waals surface area contributed by atoms with Crippen LogP contribution in [0.1, 0.15) is 28.8 Å². The molecule has 110 valence electrons. The monoisotopic (exact) mass is 297 g/mol. The molecule has 1 aromatic carbocycles. The highest BCUT2D eigenvalue weighted by atomic mass is 35.5. The number of piperidine rings is 1. The fourth-order valence-corrected chi connectivity index (χ4v) is 2.63. The van der Waals surface area contributed by atoms with Gasteiger partial charge in [0.25, 0.3) is 5.91 Å². The van der Waals surface area contributed by atoms with E-state index >= 15 is 0 Å². The molecule has 0 saturated carbocycles. The third kappa shape index (κ3) is 3.51. The van der Waals surface area contributed by atoms with Crippen LogP contribution in [0.3, 0.4) is 0 Å². The van der Waals surface area contributed by atoms with Crippen LogP contribution in [0.15, 0.2) is 18.2 Å².